The molecule has 3 aliphatic heterocycles. The van der Waals surface area contributed by atoms with Gasteiger partial charge in [0.1, 0.15) is 36.1 Å². The number of hydrogen-bond acceptors (Lipinski definition) is 11. The number of aromatic nitrogens is 2. The van der Waals surface area contributed by atoms with Crippen molar-refractivity contribution in [3.05, 3.63) is 143 Å². The third-order valence-electron chi connectivity index (χ3n) is 14.1. The Balaban J connectivity index is 0.891. The maximum Gasteiger partial charge on any atom is 0.410 e. The molecule has 20 heteroatoms. The fourth-order valence-corrected chi connectivity index (χ4v) is 11.7. The van der Waals surface area contributed by atoms with Crippen molar-refractivity contribution in [3.8, 4) is 0 Å². The molecule has 3 N–H and O–H groups in total. The quantitative estimate of drug-likeness (QED) is 0.0693. The Kier molecular flexibility index (Phi) is 14.9. The molecule has 9 rings (SSSR count). The number of likely N-dealkylation sites (tertiary alicyclic amines) is 3. The maximum atomic E-state index is 14.5. The molecule has 3 aliphatic rings. The SMILES string of the molecule is CC(C)(C)OC(=O)N1CCC(OS(C)(=O)=O)C1C(CNC(=O)OCc1ccccc1CC(C)(C)OC(=O)N1CCC2C1C(c1c[nH]c3cc(F)ccc13)CN2C(=O)OCc1ccccc1)c1c[nH]c2cc(F)ccc12. The molecule has 3 saturated heterocycles. The number of nitrogens with zero attached hydrogens (tertiary/aromatic N) is 3. The van der Waals surface area contributed by atoms with Gasteiger partial charge in [0.05, 0.1) is 30.5 Å². The Morgan fingerprint density at radius 3 is 2.08 bits per heavy atom. The van der Waals surface area contributed by atoms with Gasteiger partial charge in [-0.05, 0) is 112 Å². The number of carbonyl (C=O) groups is 4. The van der Waals surface area contributed by atoms with E-state index in [9.17, 15) is 36.4 Å². The van der Waals surface area contributed by atoms with Crippen molar-refractivity contribution < 1.29 is 59.5 Å². The second-order valence-corrected chi connectivity index (χ2v) is 22.7. The van der Waals surface area contributed by atoms with Crippen molar-refractivity contribution in [3.63, 3.8) is 0 Å². The zero-order valence-corrected chi connectivity index (χ0v) is 43.5. The van der Waals surface area contributed by atoms with E-state index in [2.05, 4.69) is 15.3 Å². The van der Waals surface area contributed by atoms with Crippen LogP contribution in [0.15, 0.2) is 103 Å². The molecule has 0 spiro atoms. The second kappa shape index (κ2) is 21.2. The minimum Gasteiger partial charge on any atom is -0.445 e. The van der Waals surface area contributed by atoms with Gasteiger partial charge < -0.3 is 48.9 Å². The molecule has 4 aromatic carbocycles. The van der Waals surface area contributed by atoms with Gasteiger partial charge in [0.2, 0.25) is 0 Å². The number of benzene rings is 4. The predicted octanol–water partition coefficient (Wildman–Crippen LogP) is 9.63. The van der Waals surface area contributed by atoms with Gasteiger partial charge in [-0.15, -0.1) is 0 Å². The van der Waals surface area contributed by atoms with Crippen LogP contribution in [0, 0.1) is 11.6 Å². The van der Waals surface area contributed by atoms with E-state index in [1.165, 1.54) is 29.2 Å². The van der Waals surface area contributed by atoms with E-state index in [1.807, 2.05) is 48.7 Å². The van der Waals surface area contributed by atoms with E-state index in [0.29, 0.717) is 40.5 Å². The molecule has 3 fully saturated rings. The summed E-state index contributed by atoms with van der Waals surface area (Å²) in [5, 5.41) is 4.19. The molecule has 0 saturated carbocycles. The number of hydrogen-bond donors (Lipinski definition) is 3. The molecule has 398 valence electrons. The first kappa shape index (κ1) is 52.7. The van der Waals surface area contributed by atoms with Gasteiger partial charge in [-0.3, -0.25) is 4.18 Å². The minimum absolute atomic E-state index is 0.0833. The number of aromatic amines is 2. The molecule has 75 heavy (non-hydrogen) atoms. The molecule has 17 nitrogen and oxygen atoms in total. The van der Waals surface area contributed by atoms with Crippen LogP contribution in [0.4, 0.5) is 28.0 Å². The fraction of sp³-hybridized carbons (Fsp3) is 0.418. The van der Waals surface area contributed by atoms with E-state index in [4.69, 9.17) is 23.1 Å². The van der Waals surface area contributed by atoms with Crippen molar-refractivity contribution in [2.45, 2.75) is 114 Å². The fourth-order valence-electron chi connectivity index (χ4n) is 11.0. The van der Waals surface area contributed by atoms with E-state index < -0.39 is 81.4 Å². The van der Waals surface area contributed by atoms with Gasteiger partial charge in [-0.2, -0.15) is 8.42 Å². The Morgan fingerprint density at radius 2 is 1.37 bits per heavy atom. The standard InChI is InChI=1S/C55H62F2N6O11S/c1-54(2,3)72-52(66)62-23-21-47(74-75(6,68)69)49(62)42(40-27-58-44-24-36(56)16-18-38(40)44)29-60-50(64)70-32-35-15-11-10-14-34(35)26-55(4,5)73-53(67)61-22-20-46-48(61)43(41-28-59-45-25-37(57)17-19-39(41)45)30-63(46)51(65)71-31-33-12-8-7-9-13-33/h7-19,24-25,27-28,42-43,46-49,58-59H,20-23,26,29-32H2,1-6H3,(H,60,64). The summed E-state index contributed by atoms with van der Waals surface area (Å²) in [4.78, 5) is 66.7. The van der Waals surface area contributed by atoms with Crippen molar-refractivity contribution in [2.24, 2.45) is 0 Å². The molecular formula is C55H62F2N6O11S. The number of rotatable bonds is 14. The van der Waals surface area contributed by atoms with Crippen LogP contribution in [-0.2, 0) is 52.9 Å². The van der Waals surface area contributed by atoms with E-state index >= 15 is 0 Å². The topological polar surface area (TPSA) is 202 Å². The van der Waals surface area contributed by atoms with Crippen LogP contribution in [0.1, 0.15) is 87.1 Å². The molecule has 0 bridgehead atoms. The molecule has 4 amide bonds. The van der Waals surface area contributed by atoms with Crippen LogP contribution < -0.4 is 5.32 Å². The first-order chi connectivity index (χ1) is 35.6. The Bertz CT molecular complexity index is 3200. The summed E-state index contributed by atoms with van der Waals surface area (Å²) in [6, 6.07) is 23.5. The number of halogens is 2. The highest BCUT2D eigenvalue weighted by molar-refractivity contribution is 7.86. The number of alkyl carbamates (subject to hydrolysis) is 1. The first-order valence-corrected chi connectivity index (χ1v) is 26.8. The monoisotopic (exact) mass is 1050 g/mol. The minimum atomic E-state index is -4.02. The van der Waals surface area contributed by atoms with Crippen molar-refractivity contribution in [1.29, 1.82) is 0 Å². The molecule has 6 aromatic rings. The summed E-state index contributed by atoms with van der Waals surface area (Å²) in [5.41, 5.74) is 2.69. The average Bonchev–Trinajstić information content (AvgIpc) is 4.21. The Labute approximate surface area is 433 Å². The molecule has 0 aliphatic carbocycles. The summed E-state index contributed by atoms with van der Waals surface area (Å²) in [6.45, 7) is 9.13. The van der Waals surface area contributed by atoms with Crippen LogP contribution in [0.5, 0.6) is 0 Å². The van der Waals surface area contributed by atoms with E-state index in [1.54, 1.807) is 74.9 Å². The summed E-state index contributed by atoms with van der Waals surface area (Å²) >= 11 is 0. The van der Waals surface area contributed by atoms with Crippen LogP contribution >= 0.6 is 0 Å². The zero-order chi connectivity index (χ0) is 53.4. The largest absolute Gasteiger partial charge is 0.445 e. The molecular weight excluding hydrogens is 991 g/mol. The summed E-state index contributed by atoms with van der Waals surface area (Å²) in [5.74, 6) is -2.04. The first-order valence-electron chi connectivity index (χ1n) is 25.0. The van der Waals surface area contributed by atoms with E-state index in [0.717, 1.165) is 28.3 Å². The maximum absolute atomic E-state index is 14.5. The third kappa shape index (κ3) is 12.0. The lowest BCUT2D eigenvalue weighted by Gasteiger charge is -2.35. The van der Waals surface area contributed by atoms with Gasteiger partial charge in [0, 0.05) is 78.6 Å². The number of carbonyl (C=O) groups excluding carboxylic acids is 4. The van der Waals surface area contributed by atoms with Gasteiger partial charge in [0.15, 0.2) is 0 Å². The van der Waals surface area contributed by atoms with Crippen molar-refractivity contribution in [2.75, 3.05) is 32.4 Å². The number of amides is 4. The summed E-state index contributed by atoms with van der Waals surface area (Å²) < 4.78 is 83.1. The number of nitrogens with one attached hydrogen (secondary N) is 3. The molecule has 6 atom stereocenters. The highest BCUT2D eigenvalue weighted by Crippen LogP contribution is 2.44. The lowest BCUT2D eigenvalue weighted by atomic mass is 9.88. The van der Waals surface area contributed by atoms with Crippen molar-refractivity contribution in [1.82, 2.24) is 30.0 Å². The van der Waals surface area contributed by atoms with Crippen LogP contribution in [0.2, 0.25) is 0 Å². The van der Waals surface area contributed by atoms with Gasteiger partial charge in [0.25, 0.3) is 10.1 Å². The normalized spacial score (nSPS) is 20.3. The van der Waals surface area contributed by atoms with E-state index in [-0.39, 0.29) is 57.6 Å². The smallest absolute Gasteiger partial charge is 0.410 e. The molecule has 5 heterocycles. The molecule has 0 radical (unpaired) electrons. The van der Waals surface area contributed by atoms with Crippen LogP contribution in [0.25, 0.3) is 21.8 Å². The summed E-state index contributed by atoms with van der Waals surface area (Å²) in [6.07, 6.45) is 1.63. The predicted molar refractivity (Wildman–Crippen MR) is 274 cm³/mol. The van der Waals surface area contributed by atoms with Gasteiger partial charge in [-0.25, -0.2) is 28.0 Å². The number of ether oxygens (including phenoxy) is 4. The third-order valence-corrected chi connectivity index (χ3v) is 14.7. The lowest BCUT2D eigenvalue weighted by Crippen LogP contribution is -2.49. The zero-order valence-electron chi connectivity index (χ0n) is 42.6. The average molecular weight is 1050 g/mol. The Morgan fingerprint density at radius 1 is 0.733 bits per heavy atom. The highest BCUT2D eigenvalue weighted by Gasteiger charge is 2.54. The number of H-pyrrole nitrogens is 2. The van der Waals surface area contributed by atoms with Gasteiger partial charge in [-0.1, -0.05) is 54.6 Å². The lowest BCUT2D eigenvalue weighted by molar-refractivity contribution is 0.00996. The second-order valence-electron chi connectivity index (χ2n) is 21.1. The highest BCUT2D eigenvalue weighted by atomic mass is 32.2. The van der Waals surface area contributed by atoms with Gasteiger partial charge >= 0.3 is 24.4 Å². The van der Waals surface area contributed by atoms with Crippen molar-refractivity contribution >= 4 is 56.3 Å². The number of fused-ring (bicyclic) bond motifs is 3. The summed E-state index contributed by atoms with van der Waals surface area (Å²) in [7, 11) is -4.02. The van der Waals surface area contributed by atoms with Crippen LogP contribution in [-0.4, -0.2) is 125 Å². The Hall–Kier alpha value is -7.19. The molecule has 6 unspecified atom stereocenters. The molecule has 2 aromatic heterocycles. The van der Waals surface area contributed by atoms with Crippen LogP contribution in [0.3, 0.4) is 0 Å².